The highest BCUT2D eigenvalue weighted by Gasteiger charge is 2.32. The van der Waals surface area contributed by atoms with E-state index < -0.39 is 6.17 Å². The third-order valence-electron chi connectivity index (χ3n) is 9.82. The molecular weight excluding hydrogens is 391 g/mol. The van der Waals surface area contributed by atoms with Gasteiger partial charge in [0.15, 0.2) is 0 Å². The molecule has 1 unspecified atom stereocenters. The van der Waals surface area contributed by atoms with E-state index in [1.54, 1.807) is 0 Å². The van der Waals surface area contributed by atoms with Crippen LogP contribution < -0.4 is 0 Å². The Bertz CT molecular complexity index is 615. The molecule has 0 spiro atoms. The summed E-state index contributed by atoms with van der Waals surface area (Å²) in [4.78, 5) is 0. The molecule has 0 saturated heterocycles. The third kappa shape index (κ3) is 6.83. The Balaban J connectivity index is 1.09. The van der Waals surface area contributed by atoms with Crippen molar-refractivity contribution < 1.29 is 4.39 Å². The summed E-state index contributed by atoms with van der Waals surface area (Å²) in [6.07, 6.45) is 23.3. The van der Waals surface area contributed by atoms with Gasteiger partial charge in [-0.3, -0.25) is 0 Å². The van der Waals surface area contributed by atoms with Crippen molar-refractivity contribution in [2.75, 3.05) is 0 Å². The van der Waals surface area contributed by atoms with Crippen LogP contribution in [0.1, 0.15) is 128 Å². The molecule has 3 saturated carbocycles. The number of rotatable bonds is 9. The van der Waals surface area contributed by atoms with Crippen molar-refractivity contribution in [1.29, 1.82) is 0 Å². The molecule has 0 heterocycles. The highest BCUT2D eigenvalue weighted by Crippen LogP contribution is 2.45. The molecular formula is C31H49F. The fourth-order valence-electron chi connectivity index (χ4n) is 7.54. The molecule has 4 rings (SSSR count). The van der Waals surface area contributed by atoms with Crippen molar-refractivity contribution in [1.82, 2.24) is 0 Å². The Morgan fingerprint density at radius 3 is 1.62 bits per heavy atom. The monoisotopic (exact) mass is 440 g/mol. The van der Waals surface area contributed by atoms with Crippen LogP contribution in [-0.2, 0) is 0 Å². The molecule has 180 valence electrons. The lowest BCUT2D eigenvalue weighted by molar-refractivity contribution is 0.129. The standard InChI is InChI=1S/C31H49F/c1-2-3-7-24-12-18-27(19-13-24)28-20-14-25(15-21-28)10-11-26-16-22-30(23-17-26)31(32)29-8-5-4-6-9-29/h4-6,8-9,24-28,30-31H,2-3,7,10-23H2,1H3. The summed E-state index contributed by atoms with van der Waals surface area (Å²) in [7, 11) is 0. The Hall–Kier alpha value is -0.850. The van der Waals surface area contributed by atoms with Crippen LogP contribution in [0.4, 0.5) is 4.39 Å². The average molecular weight is 441 g/mol. The summed E-state index contributed by atoms with van der Waals surface area (Å²) in [5, 5.41) is 0. The van der Waals surface area contributed by atoms with Crippen LogP contribution in [0.5, 0.6) is 0 Å². The van der Waals surface area contributed by atoms with Crippen LogP contribution in [0.15, 0.2) is 30.3 Å². The minimum absolute atomic E-state index is 0.251. The number of hydrogen-bond donors (Lipinski definition) is 0. The van der Waals surface area contributed by atoms with Gasteiger partial charge in [-0.1, -0.05) is 108 Å². The number of alkyl halides is 1. The predicted octanol–water partition coefficient (Wildman–Crippen LogP) is 10.1. The van der Waals surface area contributed by atoms with E-state index in [9.17, 15) is 4.39 Å². The van der Waals surface area contributed by atoms with Gasteiger partial charge in [-0.15, -0.1) is 0 Å². The Kier molecular flexibility index (Phi) is 9.54. The lowest BCUT2D eigenvalue weighted by atomic mass is 9.67. The highest BCUT2D eigenvalue weighted by molar-refractivity contribution is 5.18. The quantitative estimate of drug-likeness (QED) is 0.358. The Labute approximate surface area is 198 Å². The zero-order chi connectivity index (χ0) is 22.2. The van der Waals surface area contributed by atoms with Crippen molar-refractivity contribution in [3.05, 3.63) is 35.9 Å². The SMILES string of the molecule is CCCCC1CCC(C2CCC(CCC3CCC(C(F)c4ccccc4)CC3)CC2)CC1. The van der Waals surface area contributed by atoms with Crippen molar-refractivity contribution in [3.8, 4) is 0 Å². The number of hydrogen-bond acceptors (Lipinski definition) is 0. The molecule has 32 heavy (non-hydrogen) atoms. The molecule has 3 aliphatic carbocycles. The third-order valence-corrected chi connectivity index (χ3v) is 9.82. The second-order valence-electron chi connectivity index (χ2n) is 11.9. The van der Waals surface area contributed by atoms with Crippen LogP contribution in [0.25, 0.3) is 0 Å². The van der Waals surface area contributed by atoms with Gasteiger partial charge in [-0.2, -0.15) is 0 Å². The highest BCUT2D eigenvalue weighted by atomic mass is 19.1. The van der Waals surface area contributed by atoms with Crippen molar-refractivity contribution in [2.45, 2.75) is 122 Å². The molecule has 1 aromatic rings. The first-order valence-corrected chi connectivity index (χ1v) is 14.4. The lowest BCUT2D eigenvalue weighted by Gasteiger charge is -2.38. The van der Waals surface area contributed by atoms with Gasteiger partial charge < -0.3 is 0 Å². The summed E-state index contributed by atoms with van der Waals surface area (Å²) in [6, 6.07) is 9.86. The molecule has 1 heteroatoms. The molecule has 0 radical (unpaired) electrons. The second kappa shape index (κ2) is 12.6. The van der Waals surface area contributed by atoms with E-state index in [0.717, 1.165) is 48.0 Å². The number of benzene rings is 1. The number of halogens is 1. The Morgan fingerprint density at radius 1 is 0.656 bits per heavy atom. The summed E-state index contributed by atoms with van der Waals surface area (Å²) in [6.45, 7) is 2.33. The molecule has 0 bridgehead atoms. The first kappa shape index (κ1) is 24.3. The molecule has 0 nitrogen and oxygen atoms in total. The van der Waals surface area contributed by atoms with Gasteiger partial charge in [0.2, 0.25) is 0 Å². The van der Waals surface area contributed by atoms with Crippen molar-refractivity contribution in [3.63, 3.8) is 0 Å². The van der Waals surface area contributed by atoms with Crippen LogP contribution in [0.2, 0.25) is 0 Å². The first-order chi connectivity index (χ1) is 15.7. The van der Waals surface area contributed by atoms with Gasteiger partial charge in [-0.05, 0) is 79.6 Å². The lowest BCUT2D eigenvalue weighted by Crippen LogP contribution is -2.26. The maximum Gasteiger partial charge on any atom is 0.128 e. The summed E-state index contributed by atoms with van der Waals surface area (Å²) in [5.41, 5.74) is 0.891. The predicted molar refractivity (Wildman–Crippen MR) is 135 cm³/mol. The van der Waals surface area contributed by atoms with E-state index in [1.165, 1.54) is 96.3 Å². The smallest absolute Gasteiger partial charge is 0.128 e. The first-order valence-electron chi connectivity index (χ1n) is 14.4. The van der Waals surface area contributed by atoms with Gasteiger partial charge in [0.1, 0.15) is 6.17 Å². The van der Waals surface area contributed by atoms with Crippen LogP contribution in [0.3, 0.4) is 0 Å². The van der Waals surface area contributed by atoms with E-state index in [-0.39, 0.29) is 5.92 Å². The Morgan fingerprint density at radius 2 is 1.12 bits per heavy atom. The summed E-state index contributed by atoms with van der Waals surface area (Å²) in [5.74, 6) is 5.27. The second-order valence-corrected chi connectivity index (χ2v) is 11.9. The fourth-order valence-corrected chi connectivity index (χ4v) is 7.54. The van der Waals surface area contributed by atoms with Gasteiger partial charge >= 0.3 is 0 Å². The zero-order valence-corrected chi connectivity index (χ0v) is 20.8. The molecule has 0 amide bonds. The van der Waals surface area contributed by atoms with Gasteiger partial charge in [-0.25, -0.2) is 4.39 Å². The van der Waals surface area contributed by atoms with E-state index >= 15 is 0 Å². The minimum atomic E-state index is -0.755. The summed E-state index contributed by atoms with van der Waals surface area (Å²) >= 11 is 0. The normalized spacial score (nSPS) is 34.8. The fraction of sp³-hybridized carbons (Fsp3) is 0.806. The molecule has 1 atom stereocenters. The van der Waals surface area contributed by atoms with Gasteiger partial charge in [0, 0.05) is 0 Å². The average Bonchev–Trinajstić information content (AvgIpc) is 2.87. The molecule has 1 aromatic carbocycles. The number of unbranched alkanes of at least 4 members (excludes halogenated alkanes) is 1. The summed E-state index contributed by atoms with van der Waals surface area (Å²) < 4.78 is 14.9. The maximum atomic E-state index is 14.9. The molecule has 3 fully saturated rings. The van der Waals surface area contributed by atoms with Crippen LogP contribution in [0, 0.1) is 35.5 Å². The van der Waals surface area contributed by atoms with E-state index in [0.29, 0.717) is 0 Å². The minimum Gasteiger partial charge on any atom is -0.242 e. The van der Waals surface area contributed by atoms with Gasteiger partial charge in [0.05, 0.1) is 0 Å². The van der Waals surface area contributed by atoms with Gasteiger partial charge in [0.25, 0.3) is 0 Å². The largest absolute Gasteiger partial charge is 0.242 e. The van der Waals surface area contributed by atoms with Crippen molar-refractivity contribution >= 4 is 0 Å². The van der Waals surface area contributed by atoms with Crippen molar-refractivity contribution in [2.24, 2.45) is 35.5 Å². The van der Waals surface area contributed by atoms with E-state index in [2.05, 4.69) is 6.92 Å². The van der Waals surface area contributed by atoms with E-state index in [4.69, 9.17) is 0 Å². The maximum absolute atomic E-state index is 14.9. The zero-order valence-electron chi connectivity index (χ0n) is 20.8. The molecule has 0 N–H and O–H groups in total. The van der Waals surface area contributed by atoms with Crippen LogP contribution >= 0.6 is 0 Å². The molecule has 0 aliphatic heterocycles. The van der Waals surface area contributed by atoms with Crippen LogP contribution in [-0.4, -0.2) is 0 Å². The topological polar surface area (TPSA) is 0 Å². The molecule has 0 aromatic heterocycles. The van der Waals surface area contributed by atoms with E-state index in [1.807, 2.05) is 30.3 Å². The molecule has 3 aliphatic rings.